The highest BCUT2D eigenvalue weighted by Crippen LogP contribution is 2.28. The number of methoxy groups -OCH3 is 1. The largest absolute Gasteiger partial charge is 0.467 e. The Bertz CT molecular complexity index is 821. The van der Waals surface area contributed by atoms with Crippen molar-refractivity contribution >= 4 is 38.0 Å². The van der Waals surface area contributed by atoms with Gasteiger partial charge in [-0.05, 0) is 51.4 Å². The lowest BCUT2D eigenvalue weighted by Gasteiger charge is -2.33. The number of hydrogen-bond donors (Lipinski definition) is 2. The first-order chi connectivity index (χ1) is 16.3. The minimum Gasteiger partial charge on any atom is -0.467 e. The minimum absolute atomic E-state index is 0.0199. The highest BCUT2D eigenvalue weighted by molar-refractivity contribution is 8.00. The second-order valence-corrected chi connectivity index (χ2v) is 15.7. The molecule has 1 aromatic carbocycles. The van der Waals surface area contributed by atoms with Gasteiger partial charge in [0.1, 0.15) is 11.6 Å². The number of nitrogens with one attached hydrogen (secondary N) is 2. The van der Waals surface area contributed by atoms with Crippen LogP contribution in [-0.4, -0.2) is 56.5 Å². The van der Waals surface area contributed by atoms with E-state index in [0.29, 0.717) is 5.75 Å². The Morgan fingerprint density at radius 3 is 2.06 bits per heavy atom. The third kappa shape index (κ3) is 10.2. The van der Waals surface area contributed by atoms with Gasteiger partial charge in [-0.3, -0.25) is 10.1 Å². The van der Waals surface area contributed by atoms with Crippen LogP contribution in [0.15, 0.2) is 30.3 Å². The van der Waals surface area contributed by atoms with Crippen molar-refractivity contribution in [3.8, 4) is 0 Å². The Morgan fingerprint density at radius 1 is 1.00 bits per heavy atom. The molecule has 2 atom stereocenters. The number of benzene rings is 1. The molecule has 0 saturated heterocycles. The predicted molar refractivity (Wildman–Crippen MR) is 143 cm³/mol. The lowest BCUT2D eigenvalue weighted by atomic mass is 10.2. The van der Waals surface area contributed by atoms with Gasteiger partial charge in [0, 0.05) is 5.75 Å². The first-order valence-electron chi connectivity index (χ1n) is 12.1. The third-order valence-electron chi connectivity index (χ3n) is 5.82. The number of amides is 2. The summed E-state index contributed by atoms with van der Waals surface area (Å²) < 4.78 is 16.6. The molecule has 0 fully saturated rings. The zero-order chi connectivity index (χ0) is 26.7. The van der Waals surface area contributed by atoms with Gasteiger partial charge in [-0.25, -0.2) is 9.59 Å². The van der Waals surface area contributed by atoms with Crippen LogP contribution in [0, 0.1) is 0 Å². The predicted octanol–water partition coefficient (Wildman–Crippen LogP) is 4.84. The molecular weight excluding hydrogens is 484 g/mol. The van der Waals surface area contributed by atoms with Crippen molar-refractivity contribution in [3.05, 3.63) is 35.9 Å². The van der Waals surface area contributed by atoms with E-state index in [-0.39, 0.29) is 6.61 Å². The van der Waals surface area contributed by atoms with Crippen LogP contribution < -0.4 is 10.6 Å². The molecule has 8 nitrogen and oxygen atoms in total. The summed E-state index contributed by atoms with van der Waals surface area (Å²) in [4.78, 5) is 37.2. The van der Waals surface area contributed by atoms with E-state index in [1.807, 2.05) is 30.3 Å². The van der Waals surface area contributed by atoms with E-state index in [9.17, 15) is 14.4 Å². The molecule has 10 heteroatoms. The maximum Gasteiger partial charge on any atom is 0.409 e. The average molecular weight is 527 g/mol. The second-order valence-electron chi connectivity index (χ2n) is 9.54. The summed E-state index contributed by atoms with van der Waals surface area (Å²) in [7, 11) is -0.730. The fraction of sp³-hybridized carbons (Fsp3) is 0.640. The van der Waals surface area contributed by atoms with Crippen molar-refractivity contribution in [1.29, 1.82) is 0 Å². The van der Waals surface area contributed by atoms with Gasteiger partial charge in [-0.2, -0.15) is 0 Å². The second kappa shape index (κ2) is 13.9. The molecule has 0 aliphatic carbocycles. The summed E-state index contributed by atoms with van der Waals surface area (Å²) in [5.74, 6) is -0.686. The van der Waals surface area contributed by atoms with Crippen LogP contribution in [0.4, 0.5) is 4.79 Å². The van der Waals surface area contributed by atoms with Crippen molar-refractivity contribution in [2.24, 2.45) is 0 Å². The van der Waals surface area contributed by atoms with Gasteiger partial charge in [-0.1, -0.05) is 51.1 Å². The molecule has 0 aliphatic heterocycles. The highest BCUT2D eigenvalue weighted by atomic mass is 32.2. The molecule has 0 spiro atoms. The summed E-state index contributed by atoms with van der Waals surface area (Å²) in [5, 5.41) is 5.44. The Hall–Kier alpha value is -2.04. The standard InChI is InChI=1S/C25H42N2O6SSi/c1-9-35(10-2,11-3)32-17-20(21(28)31-8)26-22(29)25(7,27-23(30)33-24(4,5)6)34-18-19-15-13-12-14-16-19/h12-16,20H,9-11,17-18H2,1-8H3,(H,26,29)(H,27,30)/t20-,25+/m0/s1. The summed E-state index contributed by atoms with van der Waals surface area (Å²) >= 11 is 1.23. The van der Waals surface area contributed by atoms with Crippen molar-refractivity contribution < 1.29 is 28.3 Å². The molecule has 198 valence electrons. The summed E-state index contributed by atoms with van der Waals surface area (Å²) in [6, 6.07) is 11.3. The van der Waals surface area contributed by atoms with Crippen LogP contribution in [0.3, 0.4) is 0 Å². The Kier molecular flexibility index (Phi) is 12.3. The van der Waals surface area contributed by atoms with Crippen LogP contribution in [0.1, 0.15) is 54.0 Å². The molecule has 0 unspecified atom stereocenters. The number of rotatable bonds is 13. The van der Waals surface area contributed by atoms with Crippen LogP contribution in [0.5, 0.6) is 0 Å². The molecule has 0 aliphatic rings. The number of hydrogen-bond acceptors (Lipinski definition) is 7. The van der Waals surface area contributed by atoms with E-state index < -0.39 is 42.8 Å². The van der Waals surface area contributed by atoms with Crippen molar-refractivity contribution in [3.63, 3.8) is 0 Å². The molecule has 1 aromatic rings. The van der Waals surface area contributed by atoms with Gasteiger partial charge in [-0.15, -0.1) is 11.8 Å². The summed E-state index contributed by atoms with van der Waals surface area (Å²) in [6.07, 6.45) is -0.726. The number of carbonyl (C=O) groups excluding carboxylic acids is 3. The average Bonchev–Trinajstić information content (AvgIpc) is 2.81. The monoisotopic (exact) mass is 526 g/mol. The van der Waals surface area contributed by atoms with E-state index in [1.165, 1.54) is 18.9 Å². The van der Waals surface area contributed by atoms with Crippen LogP contribution in [0.2, 0.25) is 18.1 Å². The molecule has 2 amide bonds. The number of carbonyl (C=O) groups is 3. The summed E-state index contributed by atoms with van der Waals surface area (Å²) in [5.41, 5.74) is 0.252. The van der Waals surface area contributed by atoms with E-state index in [0.717, 1.165) is 23.7 Å². The highest BCUT2D eigenvalue weighted by Gasteiger charge is 2.40. The first kappa shape index (κ1) is 31.0. The van der Waals surface area contributed by atoms with Gasteiger partial charge in [0.25, 0.3) is 5.91 Å². The van der Waals surface area contributed by atoms with Gasteiger partial charge in [0.15, 0.2) is 13.2 Å². The van der Waals surface area contributed by atoms with Crippen molar-refractivity contribution in [2.75, 3.05) is 13.7 Å². The van der Waals surface area contributed by atoms with E-state index in [1.54, 1.807) is 27.7 Å². The SMILES string of the molecule is CC[Si](CC)(CC)OC[C@H](NC(=O)[C@](C)(NC(=O)OC(C)(C)C)SCc1ccccc1)C(=O)OC. The fourth-order valence-electron chi connectivity index (χ4n) is 3.38. The normalized spacial score (nSPS) is 14.4. The third-order valence-corrected chi connectivity index (χ3v) is 11.8. The maximum atomic E-state index is 13.5. The van der Waals surface area contributed by atoms with Gasteiger partial charge in [0.05, 0.1) is 13.7 Å². The molecule has 0 bridgehead atoms. The fourth-order valence-corrected chi connectivity index (χ4v) is 7.01. The Labute approximate surface area is 215 Å². The van der Waals surface area contributed by atoms with E-state index >= 15 is 0 Å². The smallest absolute Gasteiger partial charge is 0.409 e. The number of esters is 1. The summed E-state index contributed by atoms with van der Waals surface area (Å²) in [6.45, 7) is 13.1. The molecule has 0 heterocycles. The number of alkyl carbamates (subject to hydrolysis) is 1. The van der Waals surface area contributed by atoms with Gasteiger partial charge in [0.2, 0.25) is 0 Å². The van der Waals surface area contributed by atoms with Crippen LogP contribution in [0.25, 0.3) is 0 Å². The van der Waals surface area contributed by atoms with Crippen molar-refractivity contribution in [1.82, 2.24) is 10.6 Å². The van der Waals surface area contributed by atoms with Crippen LogP contribution in [-0.2, 0) is 29.2 Å². The maximum absolute atomic E-state index is 13.5. The lowest BCUT2D eigenvalue weighted by Crippen LogP contribution is -2.59. The topological polar surface area (TPSA) is 103 Å². The van der Waals surface area contributed by atoms with E-state index in [2.05, 4.69) is 31.4 Å². The minimum atomic E-state index is -2.00. The Morgan fingerprint density at radius 2 is 1.57 bits per heavy atom. The molecule has 35 heavy (non-hydrogen) atoms. The van der Waals surface area contributed by atoms with Gasteiger partial charge < -0.3 is 19.2 Å². The lowest BCUT2D eigenvalue weighted by molar-refractivity contribution is -0.146. The zero-order valence-corrected chi connectivity index (χ0v) is 24.2. The quantitative estimate of drug-likeness (QED) is 0.215. The Balaban J connectivity index is 3.11. The first-order valence-corrected chi connectivity index (χ1v) is 15.6. The van der Waals surface area contributed by atoms with E-state index in [4.69, 9.17) is 13.9 Å². The molecule has 2 N–H and O–H groups in total. The molecule has 0 radical (unpaired) electrons. The molecule has 0 saturated carbocycles. The van der Waals surface area contributed by atoms with Crippen LogP contribution >= 0.6 is 11.8 Å². The van der Waals surface area contributed by atoms with Crippen molar-refractivity contribution in [2.45, 2.75) is 88.9 Å². The molecule has 0 aromatic heterocycles. The van der Waals surface area contributed by atoms with Gasteiger partial charge >= 0.3 is 12.1 Å². The number of ether oxygens (including phenoxy) is 2. The zero-order valence-electron chi connectivity index (χ0n) is 22.4. The molecule has 1 rings (SSSR count). The number of thioether (sulfide) groups is 1. The molecular formula is C25H42N2O6SSi.